The van der Waals surface area contributed by atoms with Gasteiger partial charge in [-0.15, -0.1) is 0 Å². The van der Waals surface area contributed by atoms with Crippen molar-refractivity contribution in [2.24, 2.45) is 17.1 Å². The van der Waals surface area contributed by atoms with Gasteiger partial charge in [-0.2, -0.15) is 0 Å². The highest BCUT2D eigenvalue weighted by molar-refractivity contribution is 7.92. The smallest absolute Gasteiger partial charge is 0.314 e. The Labute approximate surface area is 179 Å². The van der Waals surface area contributed by atoms with E-state index in [-0.39, 0.29) is 16.9 Å². The molecule has 0 atom stereocenters. The number of amides is 2. The van der Waals surface area contributed by atoms with Gasteiger partial charge in [-0.05, 0) is 56.2 Å². The minimum absolute atomic E-state index is 0.00803. The molecule has 2 aromatic rings. The highest BCUT2D eigenvalue weighted by Gasteiger charge is 2.38. The zero-order chi connectivity index (χ0) is 22.5. The van der Waals surface area contributed by atoms with Gasteiger partial charge in [0.15, 0.2) is 9.84 Å². The number of primary amides is 1. The molecule has 3 rings (SSSR count). The Kier molecular flexibility index (Phi) is 5.69. The molecule has 1 heterocycles. The first-order chi connectivity index (χ1) is 13.7. The number of imidazole rings is 1. The van der Waals surface area contributed by atoms with Crippen LogP contribution >= 0.6 is 0 Å². The number of sulfone groups is 1. The van der Waals surface area contributed by atoms with Crippen molar-refractivity contribution in [1.29, 1.82) is 0 Å². The normalized spacial score (nSPS) is 15.5. The first-order valence-corrected chi connectivity index (χ1v) is 11.9. The van der Waals surface area contributed by atoms with Crippen LogP contribution < -0.4 is 5.73 Å². The van der Waals surface area contributed by atoms with E-state index in [1.54, 1.807) is 26.0 Å². The highest BCUT2D eigenvalue weighted by atomic mass is 32.2. The molecule has 0 bridgehead atoms. The van der Waals surface area contributed by atoms with Gasteiger partial charge in [0, 0.05) is 26.6 Å². The van der Waals surface area contributed by atoms with E-state index in [0.717, 1.165) is 24.3 Å². The Bertz CT molecular complexity index is 1060. The third-order valence-electron chi connectivity index (χ3n) is 5.66. The predicted molar refractivity (Wildman–Crippen MR) is 119 cm³/mol. The number of rotatable bonds is 7. The van der Waals surface area contributed by atoms with Gasteiger partial charge in [-0.25, -0.2) is 18.2 Å². The second-order valence-electron chi connectivity index (χ2n) is 10.4. The third-order valence-corrected chi connectivity index (χ3v) is 8.12. The number of nitrogens with two attached hydrogens (primary N) is 1. The number of fused-ring (bicyclic) bond motifs is 1. The Hall–Kier alpha value is -2.09. The summed E-state index contributed by atoms with van der Waals surface area (Å²) in [5.74, 6) is 1.69. The van der Waals surface area contributed by atoms with Crippen LogP contribution in [0.1, 0.15) is 53.3 Å². The lowest BCUT2D eigenvalue weighted by molar-refractivity contribution is 0.214. The number of benzene rings is 1. The van der Waals surface area contributed by atoms with Crippen molar-refractivity contribution in [3.8, 4) is 0 Å². The van der Waals surface area contributed by atoms with E-state index in [0.29, 0.717) is 11.4 Å². The summed E-state index contributed by atoms with van der Waals surface area (Å²) >= 11 is 0. The van der Waals surface area contributed by atoms with Crippen molar-refractivity contribution < 1.29 is 13.2 Å². The number of nitrogens with zero attached hydrogens (tertiary/aromatic N) is 3. The monoisotopic (exact) mass is 434 g/mol. The fourth-order valence-corrected chi connectivity index (χ4v) is 5.27. The molecule has 166 valence electrons. The van der Waals surface area contributed by atoms with Crippen LogP contribution in [0.3, 0.4) is 0 Å². The molecule has 1 aromatic carbocycles. The zero-order valence-corrected chi connectivity index (χ0v) is 19.7. The van der Waals surface area contributed by atoms with Crippen LogP contribution in [0.5, 0.6) is 0 Å². The molecule has 0 unspecified atom stereocenters. The van der Waals surface area contributed by atoms with E-state index in [4.69, 9.17) is 10.7 Å². The second-order valence-corrected chi connectivity index (χ2v) is 13.0. The van der Waals surface area contributed by atoms with Crippen molar-refractivity contribution in [2.75, 3.05) is 13.6 Å². The molecular weight excluding hydrogens is 400 g/mol. The van der Waals surface area contributed by atoms with Crippen LogP contribution in [0.25, 0.3) is 11.0 Å². The van der Waals surface area contributed by atoms with Gasteiger partial charge in [-0.3, -0.25) is 0 Å². The molecule has 1 saturated carbocycles. The van der Waals surface area contributed by atoms with Gasteiger partial charge in [0.1, 0.15) is 5.82 Å². The van der Waals surface area contributed by atoms with Crippen LogP contribution in [0.4, 0.5) is 4.79 Å². The molecule has 0 spiro atoms. The summed E-state index contributed by atoms with van der Waals surface area (Å²) in [5.41, 5.74) is 7.06. The minimum atomic E-state index is -3.71. The fourth-order valence-electron chi connectivity index (χ4n) is 3.75. The summed E-state index contributed by atoms with van der Waals surface area (Å²) in [5, 5.41) is 0. The number of hydrogen-bond acceptors (Lipinski definition) is 4. The topological polar surface area (TPSA) is 98.3 Å². The lowest BCUT2D eigenvalue weighted by Crippen LogP contribution is -2.46. The molecule has 7 nitrogen and oxygen atoms in total. The van der Waals surface area contributed by atoms with Crippen LogP contribution in [0, 0.1) is 11.3 Å². The Morgan fingerprint density at radius 2 is 1.87 bits per heavy atom. The zero-order valence-electron chi connectivity index (χ0n) is 18.9. The maximum absolute atomic E-state index is 13.4. The van der Waals surface area contributed by atoms with E-state index in [2.05, 4.69) is 25.3 Å². The Morgan fingerprint density at radius 1 is 1.23 bits per heavy atom. The maximum atomic E-state index is 13.4. The van der Waals surface area contributed by atoms with Crippen LogP contribution in [-0.4, -0.2) is 47.2 Å². The third kappa shape index (κ3) is 4.63. The number of carbonyl (C=O) groups excluding carboxylic acids is 1. The van der Waals surface area contributed by atoms with Gasteiger partial charge in [-0.1, -0.05) is 20.8 Å². The van der Waals surface area contributed by atoms with E-state index in [1.807, 2.05) is 6.07 Å². The van der Waals surface area contributed by atoms with Gasteiger partial charge in [0.25, 0.3) is 0 Å². The fraction of sp³-hybridized carbons (Fsp3) is 0.636. The Balaban J connectivity index is 2.02. The van der Waals surface area contributed by atoms with E-state index in [9.17, 15) is 13.2 Å². The molecule has 1 aliphatic carbocycles. The van der Waals surface area contributed by atoms with Crippen LogP contribution in [0.15, 0.2) is 23.1 Å². The molecule has 0 saturated heterocycles. The lowest BCUT2D eigenvalue weighted by atomic mass is 9.92. The molecule has 8 heteroatoms. The molecule has 1 aliphatic rings. The molecule has 2 N–H and O–H groups in total. The number of aromatic nitrogens is 2. The molecule has 30 heavy (non-hydrogen) atoms. The van der Waals surface area contributed by atoms with Gasteiger partial charge in [0.05, 0.1) is 20.7 Å². The maximum Gasteiger partial charge on any atom is 0.314 e. The summed E-state index contributed by atoms with van der Waals surface area (Å²) in [7, 11) is -2.21. The van der Waals surface area contributed by atoms with E-state index in [1.165, 1.54) is 24.8 Å². The lowest BCUT2D eigenvalue weighted by Gasteiger charge is -2.29. The summed E-state index contributed by atoms with van der Waals surface area (Å²) in [4.78, 5) is 17.7. The quantitative estimate of drug-likeness (QED) is 0.720. The first-order valence-electron chi connectivity index (χ1n) is 10.5. The summed E-state index contributed by atoms with van der Waals surface area (Å²) < 4.78 is 27.8. The largest absolute Gasteiger partial charge is 0.351 e. The number of carbonyl (C=O) groups is 1. The average Bonchev–Trinajstić information content (AvgIpc) is 3.35. The number of hydrogen-bond donors (Lipinski definition) is 1. The molecule has 1 fully saturated rings. The molecule has 1 aromatic heterocycles. The molecule has 2 amide bonds. The van der Waals surface area contributed by atoms with Gasteiger partial charge >= 0.3 is 6.03 Å². The van der Waals surface area contributed by atoms with Crippen molar-refractivity contribution in [3.63, 3.8) is 0 Å². The summed E-state index contributed by atoms with van der Waals surface area (Å²) in [6.07, 6.45) is 3.30. The van der Waals surface area contributed by atoms with Crippen LogP contribution in [-0.2, 0) is 22.8 Å². The van der Waals surface area contributed by atoms with E-state index >= 15 is 0 Å². The van der Waals surface area contributed by atoms with Crippen molar-refractivity contribution in [3.05, 3.63) is 24.0 Å². The van der Waals surface area contributed by atoms with Crippen LogP contribution in [0.2, 0.25) is 0 Å². The second kappa shape index (κ2) is 7.55. The standard InChI is InChI=1S/C22H34N4O3S/c1-21(2,3)12-19-24-17-11-16(9-10-18(17)26(19)13-15-7-8-15)30(28,29)22(4,5)14-25(6)20(23)27/h9-11,15H,7-8,12-14H2,1-6H3,(H2,23,27). The average molecular weight is 435 g/mol. The Morgan fingerprint density at radius 3 is 2.40 bits per heavy atom. The minimum Gasteiger partial charge on any atom is -0.351 e. The van der Waals surface area contributed by atoms with Crippen molar-refractivity contribution >= 4 is 26.9 Å². The molecule has 0 aliphatic heterocycles. The van der Waals surface area contributed by atoms with E-state index < -0.39 is 20.6 Å². The number of urea groups is 1. The van der Waals surface area contributed by atoms with Gasteiger partial charge in [0.2, 0.25) is 0 Å². The summed E-state index contributed by atoms with van der Waals surface area (Å²) in [6, 6.07) is 4.55. The summed E-state index contributed by atoms with van der Waals surface area (Å²) in [6.45, 7) is 10.7. The predicted octanol–water partition coefficient (Wildman–Crippen LogP) is 3.60. The van der Waals surface area contributed by atoms with Crippen molar-refractivity contribution in [1.82, 2.24) is 14.5 Å². The molecular formula is C22H34N4O3S. The SMILES string of the molecule is CN(CC(C)(C)S(=O)(=O)c1ccc2c(c1)nc(CC(C)(C)C)n2CC1CC1)C(N)=O. The molecule has 0 radical (unpaired) electrons. The van der Waals surface area contributed by atoms with Gasteiger partial charge < -0.3 is 15.2 Å². The highest BCUT2D eigenvalue weighted by Crippen LogP contribution is 2.35. The van der Waals surface area contributed by atoms with Crippen molar-refractivity contribution in [2.45, 2.75) is 70.1 Å². The first kappa shape index (κ1) is 22.6.